The van der Waals surface area contributed by atoms with E-state index in [0.29, 0.717) is 22.5 Å². The fourth-order valence-electron chi connectivity index (χ4n) is 2.13. The minimum Gasteiger partial charge on any atom is -0.419 e. The lowest BCUT2D eigenvalue weighted by molar-refractivity contribution is 0.551. The van der Waals surface area contributed by atoms with Gasteiger partial charge in [0, 0.05) is 6.20 Å². The summed E-state index contributed by atoms with van der Waals surface area (Å²) in [6, 6.07) is 7.24. The molecule has 0 unspecified atom stereocenters. The van der Waals surface area contributed by atoms with Crippen LogP contribution < -0.4 is 10.3 Å². The van der Waals surface area contributed by atoms with Crippen molar-refractivity contribution in [1.82, 2.24) is 14.0 Å². The molecule has 0 radical (unpaired) electrons. The van der Waals surface area contributed by atoms with Crippen molar-refractivity contribution >= 4 is 28.9 Å². The van der Waals surface area contributed by atoms with Gasteiger partial charge < -0.3 is 9.14 Å². The molecule has 5 nitrogen and oxygen atoms in total. The average molecular weight is 283 g/mol. The van der Waals surface area contributed by atoms with Crippen LogP contribution in [0, 0.1) is 0 Å². The molecule has 20 heavy (non-hydrogen) atoms. The van der Waals surface area contributed by atoms with Gasteiger partial charge in [-0.15, -0.1) is 0 Å². The Morgan fingerprint density at radius 3 is 3.10 bits per heavy atom. The Labute approximate surface area is 118 Å². The number of allylic oxidation sites excluding steroid dienone is 3. The third kappa shape index (κ3) is 1.65. The SMILES string of the molecule is O=c1oc2ccccc2nc1C1=C2C=CC=CN2SN1. The van der Waals surface area contributed by atoms with Crippen molar-refractivity contribution in [2.24, 2.45) is 0 Å². The van der Waals surface area contributed by atoms with Crippen molar-refractivity contribution in [2.45, 2.75) is 0 Å². The molecular formula is C14H9N3O2S. The fraction of sp³-hybridized carbons (Fsp3) is 0. The van der Waals surface area contributed by atoms with Gasteiger partial charge in [0.2, 0.25) is 0 Å². The molecule has 1 aromatic carbocycles. The maximum atomic E-state index is 12.1. The second kappa shape index (κ2) is 4.28. The molecule has 0 spiro atoms. The zero-order valence-corrected chi connectivity index (χ0v) is 11.1. The van der Waals surface area contributed by atoms with E-state index in [0.717, 1.165) is 5.70 Å². The van der Waals surface area contributed by atoms with E-state index in [1.807, 2.05) is 46.9 Å². The quantitative estimate of drug-likeness (QED) is 0.811. The van der Waals surface area contributed by atoms with Crippen molar-refractivity contribution in [2.75, 3.05) is 0 Å². The van der Waals surface area contributed by atoms with Crippen molar-refractivity contribution < 1.29 is 4.42 Å². The van der Waals surface area contributed by atoms with E-state index in [4.69, 9.17) is 4.42 Å². The Kier molecular flexibility index (Phi) is 2.43. The molecule has 2 aromatic rings. The van der Waals surface area contributed by atoms with E-state index >= 15 is 0 Å². The van der Waals surface area contributed by atoms with Gasteiger partial charge in [-0.1, -0.05) is 18.2 Å². The first-order chi connectivity index (χ1) is 9.83. The first kappa shape index (κ1) is 11.4. The maximum absolute atomic E-state index is 12.1. The molecule has 0 atom stereocenters. The van der Waals surface area contributed by atoms with E-state index in [-0.39, 0.29) is 0 Å². The number of fused-ring (bicyclic) bond motifs is 2. The van der Waals surface area contributed by atoms with Crippen LogP contribution in [0.15, 0.2) is 63.6 Å². The summed E-state index contributed by atoms with van der Waals surface area (Å²) < 4.78 is 10.4. The predicted molar refractivity (Wildman–Crippen MR) is 78.0 cm³/mol. The highest BCUT2D eigenvalue weighted by molar-refractivity contribution is 7.95. The van der Waals surface area contributed by atoms with Gasteiger partial charge in [0.15, 0.2) is 11.3 Å². The summed E-state index contributed by atoms with van der Waals surface area (Å²) in [7, 11) is 0. The summed E-state index contributed by atoms with van der Waals surface area (Å²) in [4.78, 5) is 16.5. The fourth-order valence-corrected chi connectivity index (χ4v) is 2.90. The minimum absolute atomic E-state index is 0.300. The van der Waals surface area contributed by atoms with Gasteiger partial charge in [-0.05, 0) is 24.3 Å². The van der Waals surface area contributed by atoms with Gasteiger partial charge in [0.05, 0.1) is 17.8 Å². The first-order valence-electron chi connectivity index (χ1n) is 6.04. The van der Waals surface area contributed by atoms with E-state index in [1.165, 1.54) is 12.1 Å². The Bertz CT molecular complexity index is 851. The Balaban J connectivity index is 1.95. The molecule has 6 heteroatoms. The molecule has 0 saturated heterocycles. The second-order valence-corrected chi connectivity index (χ2v) is 5.08. The Hall–Kier alpha value is -2.47. The van der Waals surface area contributed by atoms with Crippen molar-refractivity contribution in [3.63, 3.8) is 0 Å². The minimum atomic E-state index is -0.441. The Morgan fingerprint density at radius 1 is 1.25 bits per heavy atom. The number of nitrogens with one attached hydrogen (secondary N) is 1. The van der Waals surface area contributed by atoms with Crippen molar-refractivity contribution in [1.29, 1.82) is 0 Å². The van der Waals surface area contributed by atoms with Crippen LogP contribution in [0.3, 0.4) is 0 Å². The van der Waals surface area contributed by atoms with Crippen LogP contribution in [-0.4, -0.2) is 9.29 Å². The smallest absolute Gasteiger partial charge is 0.364 e. The highest BCUT2D eigenvalue weighted by Gasteiger charge is 2.26. The monoisotopic (exact) mass is 283 g/mol. The molecule has 0 fully saturated rings. The Morgan fingerprint density at radius 2 is 2.15 bits per heavy atom. The number of rotatable bonds is 1. The van der Waals surface area contributed by atoms with Gasteiger partial charge in [-0.2, -0.15) is 0 Å². The number of benzene rings is 1. The highest BCUT2D eigenvalue weighted by atomic mass is 32.2. The summed E-state index contributed by atoms with van der Waals surface area (Å²) in [5.74, 6) is 0. The summed E-state index contributed by atoms with van der Waals surface area (Å²) in [6.45, 7) is 0. The number of para-hydroxylation sites is 2. The van der Waals surface area contributed by atoms with Crippen LogP contribution in [0.5, 0.6) is 0 Å². The highest BCUT2D eigenvalue weighted by Crippen LogP contribution is 2.33. The van der Waals surface area contributed by atoms with Gasteiger partial charge in [0.1, 0.15) is 11.2 Å². The topological polar surface area (TPSA) is 58.4 Å². The maximum Gasteiger partial charge on any atom is 0.364 e. The number of aromatic nitrogens is 1. The van der Waals surface area contributed by atoms with Crippen LogP contribution in [-0.2, 0) is 0 Å². The summed E-state index contributed by atoms with van der Waals surface area (Å²) in [5, 5.41) is 0. The zero-order chi connectivity index (χ0) is 13.5. The average Bonchev–Trinajstić information content (AvgIpc) is 2.90. The molecule has 3 heterocycles. The van der Waals surface area contributed by atoms with Crippen LogP contribution in [0.2, 0.25) is 0 Å². The van der Waals surface area contributed by atoms with Crippen molar-refractivity contribution in [3.8, 4) is 0 Å². The van der Waals surface area contributed by atoms with Crippen LogP contribution in [0.25, 0.3) is 16.8 Å². The van der Waals surface area contributed by atoms with Gasteiger partial charge in [-0.25, -0.2) is 9.78 Å². The molecule has 2 aliphatic heterocycles. The van der Waals surface area contributed by atoms with E-state index in [1.54, 1.807) is 6.07 Å². The van der Waals surface area contributed by atoms with Gasteiger partial charge >= 0.3 is 5.63 Å². The number of hydrogen-bond acceptors (Lipinski definition) is 6. The molecule has 0 amide bonds. The lowest BCUT2D eigenvalue weighted by Crippen LogP contribution is -2.14. The normalized spacial score (nSPS) is 16.7. The van der Waals surface area contributed by atoms with E-state index in [9.17, 15) is 4.79 Å². The lowest BCUT2D eigenvalue weighted by Gasteiger charge is -2.13. The summed E-state index contributed by atoms with van der Waals surface area (Å²) in [6.07, 6.45) is 7.70. The molecule has 2 aliphatic rings. The van der Waals surface area contributed by atoms with Crippen molar-refractivity contribution in [3.05, 3.63) is 70.5 Å². The second-order valence-electron chi connectivity index (χ2n) is 4.30. The van der Waals surface area contributed by atoms with Crippen LogP contribution in [0.4, 0.5) is 0 Å². The largest absolute Gasteiger partial charge is 0.419 e. The molecule has 98 valence electrons. The molecule has 1 N–H and O–H groups in total. The molecule has 0 aliphatic carbocycles. The van der Waals surface area contributed by atoms with Crippen LogP contribution >= 0.6 is 12.1 Å². The lowest BCUT2D eigenvalue weighted by atomic mass is 10.2. The summed E-state index contributed by atoms with van der Waals surface area (Å²) >= 11 is 1.39. The van der Waals surface area contributed by atoms with Crippen LogP contribution in [0.1, 0.15) is 5.69 Å². The molecule has 0 saturated carbocycles. The molecule has 1 aromatic heterocycles. The predicted octanol–water partition coefficient (Wildman–Crippen LogP) is 2.41. The third-order valence-electron chi connectivity index (χ3n) is 3.06. The summed E-state index contributed by atoms with van der Waals surface area (Å²) in [5.41, 5.74) is 2.59. The van der Waals surface area contributed by atoms with E-state index < -0.39 is 5.63 Å². The van der Waals surface area contributed by atoms with Gasteiger partial charge in [0.25, 0.3) is 0 Å². The molecular weight excluding hydrogens is 274 g/mol. The zero-order valence-electron chi connectivity index (χ0n) is 10.2. The molecule has 0 bridgehead atoms. The third-order valence-corrected chi connectivity index (χ3v) is 3.87. The number of nitrogens with zero attached hydrogens (tertiary/aromatic N) is 2. The standard InChI is InChI=1S/C14H9N3O2S/c18-14-13(15-9-5-1-2-7-11(9)19-14)12-10-6-3-4-8-17(10)20-16-12/h1-8,16H. The first-order valence-corrected chi connectivity index (χ1v) is 6.82. The molecule has 4 rings (SSSR count). The number of hydrogen-bond donors (Lipinski definition) is 1. The van der Waals surface area contributed by atoms with E-state index in [2.05, 4.69) is 9.71 Å². The van der Waals surface area contributed by atoms with Gasteiger partial charge in [-0.3, -0.25) is 4.31 Å².